The predicted molar refractivity (Wildman–Crippen MR) is 156 cm³/mol. The Morgan fingerprint density at radius 2 is 1.56 bits per heavy atom. The van der Waals surface area contributed by atoms with Crippen LogP contribution in [0.3, 0.4) is 0 Å². The number of benzene rings is 2. The molecule has 39 heavy (non-hydrogen) atoms. The van der Waals surface area contributed by atoms with Gasteiger partial charge in [0.05, 0.1) is 27.0 Å². The van der Waals surface area contributed by atoms with E-state index in [1.54, 1.807) is 40.0 Å². The van der Waals surface area contributed by atoms with E-state index in [0.29, 0.717) is 40.9 Å². The molecule has 202 valence electrons. The van der Waals surface area contributed by atoms with Crippen molar-refractivity contribution in [2.45, 2.75) is 13.8 Å². The van der Waals surface area contributed by atoms with Gasteiger partial charge >= 0.3 is 0 Å². The lowest BCUT2D eigenvalue weighted by Crippen LogP contribution is -2.47. The fourth-order valence-electron chi connectivity index (χ4n) is 4.14. The summed E-state index contributed by atoms with van der Waals surface area (Å²) in [4.78, 5) is 34.9. The maximum absolute atomic E-state index is 13.4. The molecule has 1 aliphatic rings. The van der Waals surface area contributed by atoms with Crippen molar-refractivity contribution in [3.8, 4) is 16.9 Å². The molecule has 0 radical (unpaired) electrons. The minimum absolute atomic E-state index is 0.180. The topological polar surface area (TPSA) is 83.4 Å². The number of pyridine rings is 1. The van der Waals surface area contributed by atoms with Crippen molar-refractivity contribution in [3.05, 3.63) is 94.2 Å². The van der Waals surface area contributed by atoms with Gasteiger partial charge in [-0.15, -0.1) is 0 Å². The van der Waals surface area contributed by atoms with Gasteiger partial charge in [-0.1, -0.05) is 61.3 Å². The van der Waals surface area contributed by atoms with Crippen LogP contribution in [0.4, 0.5) is 5.82 Å². The molecule has 1 aliphatic heterocycles. The van der Waals surface area contributed by atoms with Crippen LogP contribution in [0.15, 0.2) is 72.9 Å². The lowest BCUT2D eigenvalue weighted by molar-refractivity contribution is 0.0657. The summed E-state index contributed by atoms with van der Waals surface area (Å²) in [5, 5.41) is 8.02. The third-order valence-electron chi connectivity index (χ3n) is 6.20. The number of rotatable bonds is 5. The van der Waals surface area contributed by atoms with Crippen LogP contribution in [0.1, 0.15) is 34.7 Å². The van der Waals surface area contributed by atoms with Gasteiger partial charge in [-0.25, -0.2) is 4.68 Å². The van der Waals surface area contributed by atoms with E-state index in [2.05, 4.69) is 20.3 Å². The van der Waals surface area contributed by atoms with Crippen molar-refractivity contribution in [1.82, 2.24) is 24.6 Å². The first-order chi connectivity index (χ1) is 18.9. The molecule has 0 saturated carbocycles. The number of carbonyl (C=O) groups is 2. The third-order valence-corrected chi connectivity index (χ3v) is 6.83. The Bertz CT molecular complexity index is 1440. The first-order valence-electron chi connectivity index (χ1n) is 12.8. The first kappa shape index (κ1) is 28.3. The van der Waals surface area contributed by atoms with Crippen molar-refractivity contribution in [3.63, 3.8) is 0 Å². The van der Waals surface area contributed by atoms with E-state index in [4.69, 9.17) is 23.2 Å². The molecule has 1 saturated heterocycles. The lowest BCUT2D eigenvalue weighted by atomic mass is 10.1. The SMILES string of the molecule is CC.CN1CCN(C(=O)c2cc(NC(=O)c3cc(-c4ccccn4)c(Cl)cc3Cl)n(-c3ccccc3)n2)CC1. The minimum atomic E-state index is -0.463. The van der Waals surface area contributed by atoms with Gasteiger partial charge in [-0.2, -0.15) is 5.10 Å². The molecule has 10 heteroatoms. The monoisotopic (exact) mass is 564 g/mol. The van der Waals surface area contributed by atoms with Gasteiger partial charge in [0.15, 0.2) is 5.69 Å². The zero-order valence-corrected chi connectivity index (χ0v) is 23.6. The van der Waals surface area contributed by atoms with Crippen molar-refractivity contribution >= 4 is 40.8 Å². The van der Waals surface area contributed by atoms with E-state index in [9.17, 15) is 9.59 Å². The molecule has 2 aromatic carbocycles. The number of likely N-dealkylation sites (N-methyl/N-ethyl adjacent to an activating group) is 1. The van der Waals surface area contributed by atoms with Crippen LogP contribution in [0.5, 0.6) is 0 Å². The van der Waals surface area contributed by atoms with Gasteiger partial charge in [0, 0.05) is 44.0 Å². The molecule has 2 aromatic heterocycles. The third kappa shape index (κ3) is 6.47. The summed E-state index contributed by atoms with van der Waals surface area (Å²) in [6.45, 7) is 6.82. The number of halogens is 2. The quantitative estimate of drug-likeness (QED) is 0.326. The summed E-state index contributed by atoms with van der Waals surface area (Å²) in [6.07, 6.45) is 1.65. The van der Waals surface area contributed by atoms with Gasteiger partial charge in [0.1, 0.15) is 5.82 Å². The average Bonchev–Trinajstić information content (AvgIpc) is 3.38. The van der Waals surface area contributed by atoms with Crippen LogP contribution >= 0.6 is 23.2 Å². The highest BCUT2D eigenvalue weighted by atomic mass is 35.5. The van der Waals surface area contributed by atoms with Crippen molar-refractivity contribution in [2.75, 3.05) is 38.5 Å². The fraction of sp³-hybridized carbons (Fsp3) is 0.241. The maximum atomic E-state index is 13.4. The summed E-state index contributed by atoms with van der Waals surface area (Å²) in [5.74, 6) is -0.297. The van der Waals surface area contributed by atoms with Crippen molar-refractivity contribution < 1.29 is 9.59 Å². The molecule has 3 heterocycles. The number of nitrogens with one attached hydrogen (secondary N) is 1. The summed E-state index contributed by atoms with van der Waals surface area (Å²) < 4.78 is 1.55. The van der Waals surface area contributed by atoms with Gasteiger partial charge in [0.25, 0.3) is 11.8 Å². The highest BCUT2D eigenvalue weighted by Crippen LogP contribution is 2.32. The molecule has 0 unspecified atom stereocenters. The summed E-state index contributed by atoms with van der Waals surface area (Å²) in [5.41, 5.74) is 2.37. The Hall–Kier alpha value is -3.72. The highest BCUT2D eigenvalue weighted by molar-refractivity contribution is 6.38. The number of anilines is 1. The number of amides is 2. The van der Waals surface area contributed by atoms with E-state index >= 15 is 0 Å². The standard InChI is InChI=1S/C27H24Cl2N6O2.C2H6/c1-33-11-13-34(14-12-33)27(37)24-17-25(35(32-24)18-7-3-2-4-8-18)31-26(36)20-15-19(21(28)16-22(20)29)23-9-5-6-10-30-23;1-2/h2-10,15-17H,11-14H2,1H3,(H,31,36);1-2H3. The lowest BCUT2D eigenvalue weighted by Gasteiger charge is -2.31. The second kappa shape index (κ2) is 12.9. The summed E-state index contributed by atoms with van der Waals surface area (Å²) in [6, 6.07) is 19.5. The average molecular weight is 566 g/mol. The predicted octanol–water partition coefficient (Wildman–Crippen LogP) is 5.91. The smallest absolute Gasteiger partial charge is 0.274 e. The zero-order valence-electron chi connectivity index (χ0n) is 22.1. The van der Waals surface area contributed by atoms with Crippen LogP contribution in [-0.2, 0) is 0 Å². The van der Waals surface area contributed by atoms with E-state index in [-0.39, 0.29) is 22.2 Å². The number of hydrogen-bond acceptors (Lipinski definition) is 5. The number of carbonyl (C=O) groups excluding carboxylic acids is 2. The Balaban J connectivity index is 0.00000172. The second-order valence-electron chi connectivity index (χ2n) is 8.74. The van der Waals surface area contributed by atoms with Crippen LogP contribution in [0, 0.1) is 0 Å². The molecule has 0 atom stereocenters. The Labute approximate surface area is 238 Å². The number of piperazine rings is 1. The highest BCUT2D eigenvalue weighted by Gasteiger charge is 2.25. The normalized spacial score (nSPS) is 13.4. The van der Waals surface area contributed by atoms with Crippen molar-refractivity contribution in [2.24, 2.45) is 0 Å². The number of nitrogens with zero attached hydrogens (tertiary/aromatic N) is 5. The van der Waals surface area contributed by atoms with E-state index in [1.165, 1.54) is 6.07 Å². The molecule has 0 spiro atoms. The second-order valence-corrected chi connectivity index (χ2v) is 9.55. The molecule has 1 fully saturated rings. The van der Waals surface area contributed by atoms with Crippen LogP contribution in [0.2, 0.25) is 10.0 Å². The number of para-hydroxylation sites is 1. The Morgan fingerprint density at radius 1 is 0.872 bits per heavy atom. The first-order valence-corrected chi connectivity index (χ1v) is 13.5. The molecule has 2 amide bonds. The minimum Gasteiger partial charge on any atom is -0.335 e. The molecule has 1 N–H and O–H groups in total. The molecule has 8 nitrogen and oxygen atoms in total. The van der Waals surface area contributed by atoms with Crippen LogP contribution in [0.25, 0.3) is 16.9 Å². The molecular weight excluding hydrogens is 535 g/mol. The molecule has 0 aliphatic carbocycles. The zero-order chi connectivity index (χ0) is 27.9. The van der Waals surface area contributed by atoms with Crippen molar-refractivity contribution in [1.29, 1.82) is 0 Å². The van der Waals surface area contributed by atoms with E-state index < -0.39 is 5.91 Å². The van der Waals surface area contributed by atoms with Gasteiger partial charge in [-0.3, -0.25) is 14.6 Å². The van der Waals surface area contributed by atoms with Gasteiger partial charge < -0.3 is 15.1 Å². The van der Waals surface area contributed by atoms with Crippen LogP contribution < -0.4 is 5.32 Å². The molecule has 5 rings (SSSR count). The summed E-state index contributed by atoms with van der Waals surface area (Å²) >= 11 is 12.8. The maximum Gasteiger partial charge on any atom is 0.274 e. The fourth-order valence-corrected chi connectivity index (χ4v) is 4.70. The van der Waals surface area contributed by atoms with E-state index in [1.807, 2.05) is 57.3 Å². The summed E-state index contributed by atoms with van der Waals surface area (Å²) in [7, 11) is 2.03. The molecule has 4 aromatic rings. The van der Waals surface area contributed by atoms with Gasteiger partial charge in [0.2, 0.25) is 0 Å². The molecule has 0 bridgehead atoms. The van der Waals surface area contributed by atoms with E-state index in [0.717, 1.165) is 13.1 Å². The molecular formula is C29H30Cl2N6O2. The largest absolute Gasteiger partial charge is 0.335 e. The van der Waals surface area contributed by atoms with Gasteiger partial charge in [-0.05, 0) is 43.4 Å². The Morgan fingerprint density at radius 3 is 2.23 bits per heavy atom. The van der Waals surface area contributed by atoms with Crippen LogP contribution in [-0.4, -0.2) is 69.6 Å². The number of hydrogen-bond donors (Lipinski definition) is 1. The Kier molecular flexibility index (Phi) is 9.35. The number of aromatic nitrogens is 3.